The fourth-order valence-corrected chi connectivity index (χ4v) is 39.2. The van der Waals surface area contributed by atoms with Crippen LogP contribution in [0.4, 0.5) is 0 Å². The first-order chi connectivity index (χ1) is 26.9. The molecule has 0 fully saturated rings. The number of hydrogen-bond donors (Lipinski definition) is 2. The first-order valence-corrected chi connectivity index (χ1v) is 36.0. The number of allylic oxidation sites excluding steroid dienone is 2. The third kappa shape index (κ3) is 7.37. The molecule has 0 saturated heterocycles. The number of nitrogens with one attached hydrogen (secondary N) is 2. The quantitative estimate of drug-likeness (QED) is 0.117. The zero-order chi connectivity index (χ0) is 40.4. The normalized spacial score (nSPS) is 17.8. The summed E-state index contributed by atoms with van der Waals surface area (Å²) in [5, 5.41) is 6.64. The number of rotatable bonds is 15. The average Bonchev–Trinajstić information content (AvgIpc) is 3.84. The summed E-state index contributed by atoms with van der Waals surface area (Å²) in [6.07, 6.45) is 8.79. The van der Waals surface area contributed by atoms with E-state index in [0.717, 1.165) is 59.1 Å². The molecular weight excluding hydrogens is 897 g/mol. The molecule has 0 spiro atoms. The second kappa shape index (κ2) is 17.4. The maximum absolute atomic E-state index is 13.8. The number of hydrogen-bond acceptors (Lipinski definition) is 2. The van der Waals surface area contributed by atoms with Crippen molar-refractivity contribution in [1.29, 1.82) is 0 Å². The molecule has 8 heteroatoms. The van der Waals surface area contributed by atoms with E-state index in [1.165, 1.54) is 33.4 Å². The van der Waals surface area contributed by atoms with Gasteiger partial charge in [0.05, 0.1) is 0 Å². The Morgan fingerprint density at radius 1 is 0.589 bits per heavy atom. The van der Waals surface area contributed by atoms with Crippen molar-refractivity contribution < 1.29 is 25.5 Å². The summed E-state index contributed by atoms with van der Waals surface area (Å²) < 4.78 is -1.74. The van der Waals surface area contributed by atoms with E-state index in [1.54, 1.807) is 0 Å². The zero-order valence-electron chi connectivity index (χ0n) is 34.4. The van der Waals surface area contributed by atoms with Crippen LogP contribution in [-0.2, 0) is 38.3 Å². The van der Waals surface area contributed by atoms with Gasteiger partial charge in [0.15, 0.2) is 0 Å². The van der Waals surface area contributed by atoms with Gasteiger partial charge in [0.1, 0.15) is 0 Å². The van der Waals surface area contributed by atoms with Crippen molar-refractivity contribution in [2.45, 2.75) is 101 Å². The Balaban J connectivity index is 1.75. The molecule has 2 aliphatic rings. The predicted molar refractivity (Wildman–Crippen MR) is 237 cm³/mol. The van der Waals surface area contributed by atoms with Crippen molar-refractivity contribution in [2.75, 3.05) is 0 Å². The molecule has 56 heavy (non-hydrogen) atoms. The van der Waals surface area contributed by atoms with Crippen molar-refractivity contribution in [2.24, 2.45) is 11.8 Å². The van der Waals surface area contributed by atoms with E-state index in [2.05, 4.69) is 149 Å². The van der Waals surface area contributed by atoms with E-state index in [4.69, 9.17) is 17.2 Å². The molecule has 4 aromatic rings. The molecule has 4 unspecified atom stereocenters. The van der Waals surface area contributed by atoms with Crippen LogP contribution in [0.1, 0.15) is 122 Å². The van der Waals surface area contributed by atoms with E-state index in [0.29, 0.717) is 0 Å². The monoisotopic (exact) mass is 955 g/mol. The van der Waals surface area contributed by atoms with Crippen molar-refractivity contribution in [3.05, 3.63) is 129 Å². The maximum atomic E-state index is 13.8. The fraction of sp³-hybridized carbons (Fsp3) is 0.375. The van der Waals surface area contributed by atoms with E-state index in [9.17, 15) is 9.59 Å². The first kappa shape index (κ1) is 42.4. The molecule has 4 atom stereocenters. The van der Waals surface area contributed by atoms with E-state index >= 15 is 0 Å². The molecule has 0 bridgehead atoms. The second-order valence-electron chi connectivity index (χ2n) is 15.9. The van der Waals surface area contributed by atoms with Crippen molar-refractivity contribution >= 4 is 45.7 Å². The van der Waals surface area contributed by atoms with Crippen molar-refractivity contribution in [1.82, 2.24) is 10.5 Å². The first-order valence-electron chi connectivity index (χ1n) is 20.9. The van der Waals surface area contributed by atoms with Crippen LogP contribution >= 0.6 is 17.2 Å². The molecule has 0 aromatic heterocycles. The van der Waals surface area contributed by atoms with Crippen LogP contribution < -0.4 is 10.5 Å². The Bertz CT molecular complexity index is 2050. The fourth-order valence-electron chi connectivity index (χ4n) is 9.40. The summed E-state index contributed by atoms with van der Waals surface area (Å²) in [5.74, 6) is -0.101. The van der Waals surface area contributed by atoms with Gasteiger partial charge in [0.2, 0.25) is 0 Å². The molecule has 2 N–H and O–H groups in total. The van der Waals surface area contributed by atoms with Crippen LogP contribution in [0.5, 0.6) is 0 Å². The molecule has 6 rings (SSSR count). The third-order valence-electron chi connectivity index (χ3n) is 12.8. The van der Waals surface area contributed by atoms with Crippen LogP contribution in [-0.4, -0.2) is 16.4 Å². The predicted octanol–water partition coefficient (Wildman–Crippen LogP) is 12.8. The molecule has 4 nitrogen and oxygen atoms in total. The van der Waals surface area contributed by atoms with Crippen LogP contribution in [0, 0.1) is 11.8 Å². The summed E-state index contributed by atoms with van der Waals surface area (Å²) in [5.41, 5.74) is 14.1. The Morgan fingerprint density at radius 2 is 0.964 bits per heavy atom. The second-order valence-corrected chi connectivity index (χ2v) is 46.3. The molecule has 293 valence electrons. The minimum atomic E-state index is -6.24. The van der Waals surface area contributed by atoms with Crippen molar-refractivity contribution in [3.8, 4) is 22.3 Å². The number of carbonyl (C=O) groups excluding carboxylic acids is 2. The summed E-state index contributed by atoms with van der Waals surface area (Å²) in [6.45, 7) is 17.0. The molecule has 2 amide bonds. The van der Waals surface area contributed by atoms with E-state index < -0.39 is 27.8 Å². The minimum absolute atomic E-state index is 0.138. The Kier molecular flexibility index (Phi) is 13.1. The SMILES string of the molecule is CCC(=O)N[B](NC(=O)CC)[Hf]([Cl])([Cl])([CH]1C(C(C)CC)=Cc2c(-c3ccccc3CC)cccc21)[CH]1C(C(C)CC)=Cc2c(-c3ccccc3CC)cccc21. The Hall–Kier alpha value is -3.18. The number of fused-ring (bicyclic) bond motifs is 2. The molecule has 2 aliphatic carbocycles. The van der Waals surface area contributed by atoms with Crippen LogP contribution in [0.3, 0.4) is 0 Å². The van der Waals surface area contributed by atoms with Gasteiger partial charge in [-0.15, -0.1) is 0 Å². The molecule has 0 heterocycles. The van der Waals surface area contributed by atoms with Gasteiger partial charge in [-0.2, -0.15) is 0 Å². The molecule has 0 saturated carbocycles. The van der Waals surface area contributed by atoms with Gasteiger partial charge >= 0.3 is 346 Å². The molecule has 0 radical (unpaired) electrons. The Morgan fingerprint density at radius 3 is 1.32 bits per heavy atom. The van der Waals surface area contributed by atoms with Gasteiger partial charge in [-0.05, 0) is 0 Å². The summed E-state index contributed by atoms with van der Waals surface area (Å²) in [4.78, 5) is 27.6. The van der Waals surface area contributed by atoms with E-state index in [-0.39, 0.29) is 36.5 Å². The number of carbonyl (C=O) groups is 2. The number of benzene rings is 4. The van der Waals surface area contributed by atoms with Crippen LogP contribution in [0.25, 0.3) is 34.4 Å². The summed E-state index contributed by atoms with van der Waals surface area (Å²) >= 11 is -6.24. The average molecular weight is 955 g/mol. The van der Waals surface area contributed by atoms with Gasteiger partial charge in [-0.1, -0.05) is 0 Å². The topological polar surface area (TPSA) is 58.2 Å². The third-order valence-corrected chi connectivity index (χ3v) is 41.1. The van der Waals surface area contributed by atoms with Crippen LogP contribution in [0.15, 0.2) is 96.1 Å². The van der Waals surface area contributed by atoms with Crippen LogP contribution in [0.2, 0.25) is 0 Å². The summed E-state index contributed by atoms with van der Waals surface area (Å²) in [6, 6.07) is 30.4. The standard InChI is InChI=1S/2C21H23.C6H11BN2O2.2ClH.Hf/c2*1-4-15(3)18-13-17-10-8-12-20(21(17)14-18)19-11-7-6-9-16(19)5-2;1-3-5(10)8-7-9-6(11)4-2;;;/h2*6-15H,4-5H2,1-3H3;3-4H2,1-2H3,(H-,8,9,10,11);2*1H;/q;;;;;+1/p-1. The van der Waals surface area contributed by atoms with Gasteiger partial charge < -0.3 is 0 Å². The number of amides is 2. The van der Waals surface area contributed by atoms with Gasteiger partial charge in [-0.3, -0.25) is 0 Å². The zero-order valence-corrected chi connectivity index (χ0v) is 39.5. The van der Waals surface area contributed by atoms with E-state index in [1.807, 2.05) is 13.8 Å². The summed E-state index contributed by atoms with van der Waals surface area (Å²) in [7, 11) is 18.0. The van der Waals surface area contributed by atoms with Gasteiger partial charge in [-0.25, -0.2) is 0 Å². The molecule has 4 aromatic carbocycles. The van der Waals surface area contributed by atoms with Gasteiger partial charge in [0.25, 0.3) is 0 Å². The molecule has 0 aliphatic heterocycles. The van der Waals surface area contributed by atoms with Gasteiger partial charge in [0, 0.05) is 0 Å². The number of halogens is 2. The van der Waals surface area contributed by atoms with Crippen molar-refractivity contribution in [3.63, 3.8) is 0 Å². The molecular formula is C48H58BCl2HfN2O2. The Labute approximate surface area is 344 Å². The number of aryl methyl sites for hydroxylation is 2.